The molecule has 1 aromatic heterocycles. The minimum absolute atomic E-state index is 0.302. The summed E-state index contributed by atoms with van der Waals surface area (Å²) in [7, 11) is 0. The van der Waals surface area contributed by atoms with E-state index >= 15 is 0 Å². The van der Waals surface area contributed by atoms with E-state index in [0.29, 0.717) is 12.2 Å². The standard InChI is InChI=1S/C17H18O3S/c1-2-3-9-20-14-7-4-6-13(11-14)12-15(17(18)19)16-8-5-10-21-16/h4-8,10-12H,2-3,9H2,1H3,(H,18,19)/b15-12-. The average molecular weight is 302 g/mol. The zero-order valence-electron chi connectivity index (χ0n) is 11.9. The maximum Gasteiger partial charge on any atom is 0.337 e. The second kappa shape index (κ2) is 7.64. The number of hydrogen-bond donors (Lipinski definition) is 1. The van der Waals surface area contributed by atoms with Crippen LogP contribution in [0.25, 0.3) is 11.6 Å². The second-order valence-electron chi connectivity index (χ2n) is 4.61. The van der Waals surface area contributed by atoms with Crippen LogP contribution in [0.4, 0.5) is 0 Å². The van der Waals surface area contributed by atoms with Crippen LogP contribution in [-0.2, 0) is 4.79 Å². The van der Waals surface area contributed by atoms with Gasteiger partial charge in [0.15, 0.2) is 0 Å². The summed E-state index contributed by atoms with van der Waals surface area (Å²) in [6.07, 6.45) is 3.78. The summed E-state index contributed by atoms with van der Waals surface area (Å²) in [5, 5.41) is 11.2. The van der Waals surface area contributed by atoms with Crippen molar-refractivity contribution in [3.05, 3.63) is 52.2 Å². The molecule has 4 heteroatoms. The zero-order chi connectivity index (χ0) is 15.1. The third-order valence-corrected chi connectivity index (χ3v) is 3.86. The molecule has 0 saturated carbocycles. The molecular weight excluding hydrogens is 284 g/mol. The SMILES string of the molecule is CCCCOc1cccc(/C=C(\C(=O)O)c2cccs2)c1. The van der Waals surface area contributed by atoms with Crippen molar-refractivity contribution in [2.75, 3.05) is 6.61 Å². The summed E-state index contributed by atoms with van der Waals surface area (Å²) in [4.78, 5) is 12.2. The van der Waals surface area contributed by atoms with E-state index in [9.17, 15) is 9.90 Å². The van der Waals surface area contributed by atoms with E-state index in [-0.39, 0.29) is 0 Å². The van der Waals surface area contributed by atoms with Crippen LogP contribution in [0.2, 0.25) is 0 Å². The molecule has 2 rings (SSSR count). The van der Waals surface area contributed by atoms with Gasteiger partial charge in [0.1, 0.15) is 5.75 Å². The smallest absolute Gasteiger partial charge is 0.337 e. The maximum absolute atomic E-state index is 11.4. The second-order valence-corrected chi connectivity index (χ2v) is 5.56. The molecule has 2 aromatic rings. The Hall–Kier alpha value is -2.07. The van der Waals surface area contributed by atoms with E-state index in [2.05, 4.69) is 6.92 Å². The normalized spacial score (nSPS) is 11.4. The number of benzene rings is 1. The monoisotopic (exact) mass is 302 g/mol. The highest BCUT2D eigenvalue weighted by Crippen LogP contribution is 2.24. The first-order valence-corrected chi connectivity index (χ1v) is 7.80. The maximum atomic E-state index is 11.4. The summed E-state index contributed by atoms with van der Waals surface area (Å²) in [5.41, 5.74) is 1.13. The van der Waals surface area contributed by atoms with Gasteiger partial charge in [-0.2, -0.15) is 0 Å². The van der Waals surface area contributed by atoms with Crippen LogP contribution in [-0.4, -0.2) is 17.7 Å². The van der Waals surface area contributed by atoms with Crippen LogP contribution in [0.15, 0.2) is 41.8 Å². The van der Waals surface area contributed by atoms with Gasteiger partial charge in [-0.05, 0) is 41.6 Å². The van der Waals surface area contributed by atoms with Crippen molar-refractivity contribution >= 4 is 29.0 Å². The third kappa shape index (κ3) is 4.46. The Balaban J connectivity index is 2.22. The van der Waals surface area contributed by atoms with Gasteiger partial charge in [0.05, 0.1) is 12.2 Å². The number of aliphatic carboxylic acids is 1. The van der Waals surface area contributed by atoms with Gasteiger partial charge in [0, 0.05) is 4.88 Å². The molecule has 3 nitrogen and oxygen atoms in total. The van der Waals surface area contributed by atoms with Gasteiger partial charge in [-0.25, -0.2) is 4.79 Å². The molecule has 0 aliphatic heterocycles. The number of carboxylic acid groups (broad SMARTS) is 1. The van der Waals surface area contributed by atoms with E-state index in [1.54, 1.807) is 6.08 Å². The van der Waals surface area contributed by atoms with Crippen molar-refractivity contribution in [1.29, 1.82) is 0 Å². The summed E-state index contributed by atoms with van der Waals surface area (Å²) in [6, 6.07) is 11.2. The van der Waals surface area contributed by atoms with Crippen molar-refractivity contribution in [1.82, 2.24) is 0 Å². The molecule has 21 heavy (non-hydrogen) atoms. The lowest BCUT2D eigenvalue weighted by Gasteiger charge is -2.06. The van der Waals surface area contributed by atoms with Crippen molar-refractivity contribution in [3.8, 4) is 5.75 Å². The first-order chi connectivity index (χ1) is 10.2. The largest absolute Gasteiger partial charge is 0.494 e. The van der Waals surface area contributed by atoms with Gasteiger partial charge in [-0.1, -0.05) is 31.5 Å². The number of carboxylic acids is 1. The predicted molar refractivity (Wildman–Crippen MR) is 86.7 cm³/mol. The molecule has 1 aromatic carbocycles. The molecular formula is C17H18O3S. The molecule has 0 radical (unpaired) electrons. The molecule has 0 amide bonds. The van der Waals surface area contributed by atoms with Gasteiger partial charge in [-0.15, -0.1) is 11.3 Å². The van der Waals surface area contributed by atoms with E-state index in [1.165, 1.54) is 11.3 Å². The highest BCUT2D eigenvalue weighted by molar-refractivity contribution is 7.11. The molecule has 0 aliphatic carbocycles. The van der Waals surface area contributed by atoms with E-state index in [4.69, 9.17) is 4.74 Å². The zero-order valence-corrected chi connectivity index (χ0v) is 12.7. The first-order valence-electron chi connectivity index (χ1n) is 6.92. The van der Waals surface area contributed by atoms with Crippen LogP contribution < -0.4 is 4.74 Å². The Morgan fingerprint density at radius 1 is 1.33 bits per heavy atom. The quantitative estimate of drug-likeness (QED) is 0.603. The fraction of sp³-hybridized carbons (Fsp3) is 0.235. The molecule has 1 N–H and O–H groups in total. The van der Waals surface area contributed by atoms with E-state index < -0.39 is 5.97 Å². The molecule has 1 heterocycles. The molecule has 0 atom stereocenters. The minimum atomic E-state index is -0.922. The number of unbranched alkanes of at least 4 members (excludes halogenated alkanes) is 1. The summed E-state index contributed by atoms with van der Waals surface area (Å²) >= 11 is 1.42. The predicted octanol–water partition coefficient (Wildman–Crippen LogP) is 4.55. The molecule has 0 aliphatic rings. The molecule has 0 saturated heterocycles. The molecule has 0 fully saturated rings. The fourth-order valence-electron chi connectivity index (χ4n) is 1.87. The Morgan fingerprint density at radius 2 is 2.19 bits per heavy atom. The van der Waals surface area contributed by atoms with Gasteiger partial charge in [0.25, 0.3) is 0 Å². The Labute approximate surface area is 128 Å². The number of thiophene rings is 1. The van der Waals surface area contributed by atoms with Crippen LogP contribution in [0.1, 0.15) is 30.2 Å². The first kappa shape index (κ1) is 15.3. The molecule has 0 unspecified atom stereocenters. The Bertz CT molecular complexity index is 615. The number of carbonyl (C=O) groups is 1. The van der Waals surface area contributed by atoms with Gasteiger partial charge in [0.2, 0.25) is 0 Å². The lowest BCUT2D eigenvalue weighted by atomic mass is 10.1. The van der Waals surface area contributed by atoms with E-state index in [1.807, 2.05) is 41.8 Å². The van der Waals surface area contributed by atoms with Gasteiger partial charge < -0.3 is 9.84 Å². The lowest BCUT2D eigenvalue weighted by molar-refractivity contribution is -0.130. The van der Waals surface area contributed by atoms with Crippen molar-refractivity contribution < 1.29 is 14.6 Å². The van der Waals surface area contributed by atoms with Crippen LogP contribution in [0.5, 0.6) is 5.75 Å². The topological polar surface area (TPSA) is 46.5 Å². The van der Waals surface area contributed by atoms with Crippen LogP contribution in [0, 0.1) is 0 Å². The number of rotatable bonds is 7. The van der Waals surface area contributed by atoms with Crippen molar-refractivity contribution in [2.45, 2.75) is 19.8 Å². The van der Waals surface area contributed by atoms with E-state index in [0.717, 1.165) is 29.0 Å². The Morgan fingerprint density at radius 3 is 2.86 bits per heavy atom. The lowest BCUT2D eigenvalue weighted by Crippen LogP contribution is -1.98. The molecule has 0 spiro atoms. The third-order valence-electron chi connectivity index (χ3n) is 2.95. The minimum Gasteiger partial charge on any atom is -0.494 e. The number of hydrogen-bond acceptors (Lipinski definition) is 3. The molecule has 0 bridgehead atoms. The Kier molecular flexibility index (Phi) is 5.58. The number of ether oxygens (including phenoxy) is 1. The van der Waals surface area contributed by atoms with Crippen LogP contribution >= 0.6 is 11.3 Å². The highest BCUT2D eigenvalue weighted by Gasteiger charge is 2.11. The van der Waals surface area contributed by atoms with Crippen molar-refractivity contribution in [2.24, 2.45) is 0 Å². The fourth-order valence-corrected chi connectivity index (χ4v) is 2.60. The average Bonchev–Trinajstić information content (AvgIpc) is 2.99. The molecule has 110 valence electrons. The van der Waals surface area contributed by atoms with Crippen LogP contribution in [0.3, 0.4) is 0 Å². The summed E-state index contributed by atoms with van der Waals surface area (Å²) < 4.78 is 5.65. The summed E-state index contributed by atoms with van der Waals surface area (Å²) in [6.45, 7) is 2.79. The summed E-state index contributed by atoms with van der Waals surface area (Å²) in [5.74, 6) is -0.150. The van der Waals surface area contributed by atoms with Gasteiger partial charge >= 0.3 is 5.97 Å². The van der Waals surface area contributed by atoms with Crippen molar-refractivity contribution in [3.63, 3.8) is 0 Å². The highest BCUT2D eigenvalue weighted by atomic mass is 32.1. The van der Waals surface area contributed by atoms with Gasteiger partial charge in [-0.3, -0.25) is 0 Å².